The molecule has 13 heteroatoms. The van der Waals surface area contributed by atoms with Gasteiger partial charge in [-0.2, -0.15) is 0 Å². The van der Waals surface area contributed by atoms with E-state index in [1.165, 1.54) is 5.48 Å². The van der Waals surface area contributed by atoms with Crippen molar-refractivity contribution in [1.82, 2.24) is 16.1 Å². The lowest BCUT2D eigenvalue weighted by Crippen LogP contribution is -2.45. The third-order valence-electron chi connectivity index (χ3n) is 3.65. The lowest BCUT2D eigenvalue weighted by atomic mass is 10.1. The highest BCUT2D eigenvalue weighted by molar-refractivity contribution is 5.82. The van der Waals surface area contributed by atoms with Gasteiger partial charge in [-0.1, -0.05) is 30.3 Å². The molecule has 0 fully saturated rings. The third kappa shape index (κ3) is 16.0. The zero-order valence-corrected chi connectivity index (χ0v) is 17.2. The molecule has 1 aromatic rings. The van der Waals surface area contributed by atoms with E-state index in [0.717, 1.165) is 5.56 Å². The minimum atomic E-state index is -1.37. The van der Waals surface area contributed by atoms with Crippen molar-refractivity contribution in [2.45, 2.75) is 44.8 Å². The number of carbonyl (C=O) groups is 5. The van der Waals surface area contributed by atoms with E-state index in [-0.39, 0.29) is 25.9 Å². The molecule has 0 saturated heterocycles. The highest BCUT2D eigenvalue weighted by Gasteiger charge is 2.20. The minimum Gasteiger partial charge on any atom is -0.481 e. The van der Waals surface area contributed by atoms with Crippen LogP contribution in [0.5, 0.6) is 0 Å². The Hall–Kier alpha value is -3.87. The summed E-state index contributed by atoms with van der Waals surface area (Å²) < 4.78 is 4.99. The van der Waals surface area contributed by atoms with Gasteiger partial charge in [-0.25, -0.2) is 19.9 Å². The van der Waals surface area contributed by atoms with E-state index in [4.69, 9.17) is 25.3 Å². The average molecular weight is 457 g/mol. The fourth-order valence-electron chi connectivity index (χ4n) is 2.08. The number of carboxylic acid groups (broad SMARTS) is 3. The number of alkyl carbamates (subject to hydrolysis) is 1. The van der Waals surface area contributed by atoms with Gasteiger partial charge in [0.25, 0.3) is 0 Å². The molecule has 1 atom stereocenters. The summed E-state index contributed by atoms with van der Waals surface area (Å²) in [4.78, 5) is 52.6. The van der Waals surface area contributed by atoms with Gasteiger partial charge in [0.15, 0.2) is 0 Å². The first-order valence-corrected chi connectivity index (χ1v) is 9.47. The van der Waals surface area contributed by atoms with Crippen LogP contribution in [0.2, 0.25) is 0 Å². The van der Waals surface area contributed by atoms with Gasteiger partial charge in [0.05, 0.1) is 0 Å². The van der Waals surface area contributed by atoms with Gasteiger partial charge in [0.2, 0.25) is 0 Å². The van der Waals surface area contributed by atoms with Gasteiger partial charge in [0, 0.05) is 19.4 Å². The fourth-order valence-corrected chi connectivity index (χ4v) is 2.08. The first kappa shape index (κ1) is 28.1. The first-order valence-electron chi connectivity index (χ1n) is 9.47. The number of hydrogen-bond acceptors (Lipinski definition) is 7. The van der Waals surface area contributed by atoms with E-state index in [9.17, 15) is 24.0 Å². The summed E-state index contributed by atoms with van der Waals surface area (Å²) in [6.07, 6.45) is 0.192. The van der Waals surface area contributed by atoms with E-state index in [1.54, 1.807) is 0 Å². The summed E-state index contributed by atoms with van der Waals surface area (Å²) in [5.74, 6) is -3.35. The normalized spacial score (nSPS) is 10.5. The largest absolute Gasteiger partial charge is 0.481 e. The standard InChI is InChI=1S/C13H17NO4.C6H10N2O6/c15-12(16)8-4-5-9-14-13(17)18-10-11-6-2-1-3-7-11;9-4(10)2-1-3(5(11)12)7-6(13)8-14/h1-3,6-7H,4-5,8-10H2,(H,14,17)(H,15,16);3,14H,1-2H2,(H,9,10)(H,11,12)(H2,7,8,13)/t;3-/m.0/s1. The molecule has 0 spiro atoms. The number of benzene rings is 1. The predicted molar refractivity (Wildman–Crippen MR) is 108 cm³/mol. The summed E-state index contributed by atoms with van der Waals surface area (Å²) in [6, 6.07) is 6.97. The summed E-state index contributed by atoms with van der Waals surface area (Å²) >= 11 is 0. The van der Waals surface area contributed by atoms with Gasteiger partial charge in [-0.3, -0.25) is 14.8 Å². The molecule has 7 N–H and O–H groups in total. The second-order valence-corrected chi connectivity index (χ2v) is 6.25. The number of ether oxygens (including phenoxy) is 1. The Morgan fingerprint density at radius 1 is 0.906 bits per heavy atom. The van der Waals surface area contributed by atoms with Gasteiger partial charge in [0.1, 0.15) is 12.6 Å². The minimum absolute atomic E-state index is 0.126. The molecule has 0 aliphatic heterocycles. The molecule has 0 radical (unpaired) electrons. The second kappa shape index (κ2) is 16.9. The molecule has 13 nitrogen and oxygen atoms in total. The third-order valence-corrected chi connectivity index (χ3v) is 3.65. The van der Waals surface area contributed by atoms with Crippen molar-refractivity contribution in [3.63, 3.8) is 0 Å². The topological polar surface area (TPSA) is 212 Å². The molecule has 0 aliphatic carbocycles. The molecule has 1 aromatic carbocycles. The zero-order chi connectivity index (χ0) is 24.4. The van der Waals surface area contributed by atoms with Gasteiger partial charge < -0.3 is 30.7 Å². The van der Waals surface area contributed by atoms with E-state index in [0.29, 0.717) is 19.4 Å². The molecule has 0 unspecified atom stereocenters. The number of amides is 3. The highest BCUT2D eigenvalue weighted by atomic mass is 16.5. The Balaban J connectivity index is 0.000000622. The van der Waals surface area contributed by atoms with Crippen LogP contribution in [0.25, 0.3) is 0 Å². The quantitative estimate of drug-likeness (QED) is 0.135. The van der Waals surface area contributed by atoms with Crippen molar-refractivity contribution in [1.29, 1.82) is 0 Å². The van der Waals surface area contributed by atoms with Crippen LogP contribution >= 0.6 is 0 Å². The summed E-state index contributed by atoms with van der Waals surface area (Å²) in [6.45, 7) is 0.669. The van der Waals surface area contributed by atoms with Crippen molar-refractivity contribution >= 4 is 30.0 Å². The molecule has 0 heterocycles. The number of hydroxylamine groups is 1. The molecule has 0 bridgehead atoms. The zero-order valence-electron chi connectivity index (χ0n) is 17.2. The van der Waals surface area contributed by atoms with Crippen molar-refractivity contribution in [3.8, 4) is 0 Å². The number of carbonyl (C=O) groups excluding carboxylic acids is 2. The molecule has 3 amide bonds. The summed E-state index contributed by atoms with van der Waals surface area (Å²) in [5, 5.41) is 37.7. The Morgan fingerprint density at radius 2 is 1.53 bits per heavy atom. The molecule has 32 heavy (non-hydrogen) atoms. The van der Waals surface area contributed by atoms with Crippen LogP contribution in [-0.2, 0) is 25.7 Å². The lowest BCUT2D eigenvalue weighted by molar-refractivity contribution is -0.141. The number of nitrogens with one attached hydrogen (secondary N) is 3. The number of hydrogen-bond donors (Lipinski definition) is 7. The summed E-state index contributed by atoms with van der Waals surface area (Å²) in [5.41, 5.74) is 2.11. The van der Waals surface area contributed by atoms with Crippen molar-refractivity contribution in [3.05, 3.63) is 35.9 Å². The monoisotopic (exact) mass is 457 g/mol. The van der Waals surface area contributed by atoms with Gasteiger partial charge in [-0.05, 0) is 24.8 Å². The molecule has 0 aromatic heterocycles. The van der Waals surface area contributed by atoms with Gasteiger partial charge in [-0.15, -0.1) is 0 Å². The first-order chi connectivity index (χ1) is 15.1. The Kier molecular flexibility index (Phi) is 14.8. The van der Waals surface area contributed by atoms with Gasteiger partial charge >= 0.3 is 30.0 Å². The second-order valence-electron chi connectivity index (χ2n) is 6.25. The fraction of sp³-hybridized carbons (Fsp3) is 0.421. The van der Waals surface area contributed by atoms with E-state index < -0.39 is 36.1 Å². The molecular formula is C19H27N3O10. The maximum Gasteiger partial charge on any atom is 0.407 e. The van der Waals surface area contributed by atoms with Crippen molar-refractivity contribution < 1.29 is 49.2 Å². The molecule has 0 saturated carbocycles. The Labute approximate surface area is 183 Å². The molecule has 1 rings (SSSR count). The smallest absolute Gasteiger partial charge is 0.407 e. The number of rotatable bonds is 12. The molecule has 0 aliphatic rings. The highest BCUT2D eigenvalue weighted by Crippen LogP contribution is 2.01. The van der Waals surface area contributed by atoms with Crippen LogP contribution in [0.4, 0.5) is 9.59 Å². The Morgan fingerprint density at radius 3 is 2.06 bits per heavy atom. The van der Waals surface area contributed by atoms with E-state index >= 15 is 0 Å². The molecule has 178 valence electrons. The van der Waals surface area contributed by atoms with E-state index in [1.807, 2.05) is 35.6 Å². The SMILES string of the molecule is O=C(O)CCCCNC(=O)OCc1ccccc1.O=C(O)CC[C@H](NC(=O)NO)C(=O)O. The van der Waals surface area contributed by atoms with Crippen LogP contribution in [0.15, 0.2) is 30.3 Å². The number of aliphatic carboxylic acids is 3. The van der Waals surface area contributed by atoms with Crippen LogP contribution in [0.1, 0.15) is 37.7 Å². The van der Waals surface area contributed by atoms with Crippen LogP contribution in [0.3, 0.4) is 0 Å². The van der Waals surface area contributed by atoms with Crippen molar-refractivity contribution in [2.75, 3.05) is 6.54 Å². The molecular weight excluding hydrogens is 430 g/mol. The average Bonchev–Trinajstić information content (AvgIpc) is 2.75. The summed E-state index contributed by atoms with van der Waals surface area (Å²) in [7, 11) is 0. The van der Waals surface area contributed by atoms with Crippen molar-refractivity contribution in [2.24, 2.45) is 0 Å². The van der Waals surface area contributed by atoms with Crippen LogP contribution in [-0.4, -0.2) is 63.1 Å². The Bertz CT molecular complexity index is 742. The number of carboxylic acids is 3. The maximum absolute atomic E-state index is 11.3. The van der Waals surface area contributed by atoms with Crippen LogP contribution < -0.4 is 16.1 Å². The number of urea groups is 1. The van der Waals surface area contributed by atoms with Crippen LogP contribution in [0, 0.1) is 0 Å². The lowest BCUT2D eigenvalue weighted by Gasteiger charge is -2.11. The van der Waals surface area contributed by atoms with E-state index in [2.05, 4.69) is 5.32 Å². The number of unbranched alkanes of at least 4 members (excludes halogenated alkanes) is 1. The maximum atomic E-state index is 11.3. The predicted octanol–water partition coefficient (Wildman–Crippen LogP) is 1.16.